The maximum Gasteiger partial charge on any atom is 0.407 e. The van der Waals surface area contributed by atoms with E-state index in [-0.39, 0.29) is 19.1 Å². The van der Waals surface area contributed by atoms with Crippen LogP contribution in [-0.4, -0.2) is 37.5 Å². The molecule has 1 aliphatic rings. The lowest BCUT2D eigenvalue weighted by molar-refractivity contribution is 0.0600. The molecular weight excluding hydrogens is 406 g/mol. The molecular formula is C26H25NO5. The van der Waals surface area contributed by atoms with Crippen LogP contribution in [0.5, 0.6) is 0 Å². The highest BCUT2D eigenvalue weighted by atomic mass is 16.5. The Hall–Kier alpha value is -3.64. The third kappa shape index (κ3) is 3.97. The molecule has 0 bridgehead atoms. The molecule has 0 aliphatic heterocycles. The van der Waals surface area contributed by atoms with Gasteiger partial charge in [-0.25, -0.2) is 9.59 Å². The van der Waals surface area contributed by atoms with Crippen molar-refractivity contribution in [3.63, 3.8) is 0 Å². The Labute approximate surface area is 186 Å². The molecule has 0 aromatic heterocycles. The number of fused-ring (bicyclic) bond motifs is 3. The number of hydrogen-bond acceptors (Lipinski definition) is 5. The first-order valence-electron chi connectivity index (χ1n) is 10.4. The van der Waals surface area contributed by atoms with E-state index in [1.54, 1.807) is 31.2 Å². The summed E-state index contributed by atoms with van der Waals surface area (Å²) in [5, 5.41) is 12.8. The molecule has 1 aliphatic carbocycles. The lowest BCUT2D eigenvalue weighted by Gasteiger charge is -2.29. The van der Waals surface area contributed by atoms with Crippen LogP contribution in [0.4, 0.5) is 4.79 Å². The largest absolute Gasteiger partial charge is 0.465 e. The van der Waals surface area contributed by atoms with E-state index in [2.05, 4.69) is 29.6 Å². The van der Waals surface area contributed by atoms with Gasteiger partial charge in [0.1, 0.15) is 6.61 Å². The molecule has 0 heterocycles. The number of methoxy groups -OCH3 is 1. The van der Waals surface area contributed by atoms with E-state index >= 15 is 0 Å². The molecule has 6 nitrogen and oxygen atoms in total. The minimum Gasteiger partial charge on any atom is -0.465 e. The van der Waals surface area contributed by atoms with E-state index < -0.39 is 17.6 Å². The molecule has 4 rings (SSSR count). The van der Waals surface area contributed by atoms with Crippen molar-refractivity contribution in [1.82, 2.24) is 5.32 Å². The highest BCUT2D eigenvalue weighted by Crippen LogP contribution is 2.44. The highest BCUT2D eigenvalue weighted by Gasteiger charge is 2.32. The maximum atomic E-state index is 12.7. The van der Waals surface area contributed by atoms with Gasteiger partial charge < -0.3 is 19.9 Å². The molecule has 3 aromatic rings. The second-order valence-corrected chi connectivity index (χ2v) is 8.01. The van der Waals surface area contributed by atoms with Crippen LogP contribution < -0.4 is 5.32 Å². The van der Waals surface area contributed by atoms with Crippen molar-refractivity contribution >= 4 is 12.1 Å². The lowest BCUT2D eigenvalue weighted by atomic mass is 9.91. The van der Waals surface area contributed by atoms with E-state index in [0.717, 1.165) is 22.3 Å². The number of carbonyl (C=O) groups is 2. The fourth-order valence-electron chi connectivity index (χ4n) is 4.17. The summed E-state index contributed by atoms with van der Waals surface area (Å²) >= 11 is 0. The van der Waals surface area contributed by atoms with Crippen LogP contribution in [0.15, 0.2) is 72.8 Å². The molecule has 0 saturated heterocycles. The molecule has 0 radical (unpaired) electrons. The van der Waals surface area contributed by atoms with Crippen LogP contribution in [-0.2, 0) is 15.0 Å². The van der Waals surface area contributed by atoms with Crippen LogP contribution >= 0.6 is 0 Å². The summed E-state index contributed by atoms with van der Waals surface area (Å²) in [5.41, 5.74) is 4.31. The summed E-state index contributed by atoms with van der Waals surface area (Å²) in [4.78, 5) is 24.6. The number of aliphatic hydroxyl groups is 1. The van der Waals surface area contributed by atoms with E-state index in [1.807, 2.05) is 24.3 Å². The molecule has 2 N–H and O–H groups in total. The quantitative estimate of drug-likeness (QED) is 0.571. The average molecular weight is 431 g/mol. The SMILES string of the molecule is COC(=O)c1cccc(C(C)(CO)NC(=O)OCC2c3ccccc3-c3ccccc32)c1. The number of esters is 1. The molecule has 164 valence electrons. The van der Waals surface area contributed by atoms with Gasteiger partial charge >= 0.3 is 12.1 Å². The van der Waals surface area contributed by atoms with Gasteiger partial charge in [-0.3, -0.25) is 0 Å². The number of aliphatic hydroxyl groups excluding tert-OH is 1. The topological polar surface area (TPSA) is 84.9 Å². The summed E-state index contributed by atoms with van der Waals surface area (Å²) in [5.74, 6) is -0.551. The number of amides is 1. The van der Waals surface area contributed by atoms with Gasteiger partial charge in [-0.1, -0.05) is 60.7 Å². The fraction of sp³-hybridized carbons (Fsp3) is 0.231. The van der Waals surface area contributed by atoms with Gasteiger partial charge in [-0.05, 0) is 46.9 Å². The van der Waals surface area contributed by atoms with Crippen molar-refractivity contribution in [3.05, 3.63) is 95.1 Å². The summed E-state index contributed by atoms with van der Waals surface area (Å²) in [6.07, 6.45) is -0.646. The predicted octanol–water partition coefficient (Wildman–Crippen LogP) is 4.22. The third-order valence-corrected chi connectivity index (χ3v) is 5.96. The van der Waals surface area contributed by atoms with Gasteiger partial charge in [-0.2, -0.15) is 0 Å². The van der Waals surface area contributed by atoms with Crippen LogP contribution in [0.25, 0.3) is 11.1 Å². The Morgan fingerprint density at radius 3 is 2.19 bits per heavy atom. The summed E-state index contributed by atoms with van der Waals surface area (Å²) in [7, 11) is 1.30. The number of hydrogen-bond donors (Lipinski definition) is 2. The van der Waals surface area contributed by atoms with Crippen molar-refractivity contribution in [2.24, 2.45) is 0 Å². The standard InChI is InChI=1S/C26H25NO5/c1-26(16-28,18-9-7-8-17(14-18)24(29)31-2)27-25(30)32-15-23-21-12-5-3-10-19(21)20-11-4-6-13-22(20)23/h3-14,23,28H,15-16H2,1-2H3,(H,27,30). The Morgan fingerprint density at radius 1 is 0.969 bits per heavy atom. The normalized spacial score (nSPS) is 14.1. The lowest BCUT2D eigenvalue weighted by Crippen LogP contribution is -2.46. The molecule has 1 atom stereocenters. The number of carbonyl (C=O) groups excluding carboxylic acids is 2. The van der Waals surface area contributed by atoms with Crippen LogP contribution in [0.3, 0.4) is 0 Å². The van der Waals surface area contributed by atoms with Crippen molar-refractivity contribution in [2.45, 2.75) is 18.4 Å². The first-order valence-corrected chi connectivity index (χ1v) is 10.4. The van der Waals surface area contributed by atoms with Crippen molar-refractivity contribution in [2.75, 3.05) is 20.3 Å². The van der Waals surface area contributed by atoms with E-state index in [4.69, 9.17) is 9.47 Å². The number of nitrogens with one attached hydrogen (secondary N) is 1. The summed E-state index contributed by atoms with van der Waals surface area (Å²) in [6.45, 7) is 1.47. The number of ether oxygens (including phenoxy) is 2. The number of alkyl carbamates (subject to hydrolysis) is 1. The van der Waals surface area contributed by atoms with Crippen LogP contribution in [0, 0.1) is 0 Å². The molecule has 6 heteroatoms. The minimum absolute atomic E-state index is 0.0591. The van der Waals surface area contributed by atoms with E-state index in [9.17, 15) is 14.7 Å². The Morgan fingerprint density at radius 2 is 1.59 bits per heavy atom. The third-order valence-electron chi connectivity index (χ3n) is 5.96. The van der Waals surface area contributed by atoms with Gasteiger partial charge in [0, 0.05) is 5.92 Å². The monoisotopic (exact) mass is 431 g/mol. The molecule has 0 saturated carbocycles. The second-order valence-electron chi connectivity index (χ2n) is 8.01. The first-order chi connectivity index (χ1) is 15.5. The predicted molar refractivity (Wildman–Crippen MR) is 120 cm³/mol. The first kappa shape index (κ1) is 21.6. The van der Waals surface area contributed by atoms with Gasteiger partial charge in [0.15, 0.2) is 0 Å². The van der Waals surface area contributed by atoms with Crippen molar-refractivity contribution in [3.8, 4) is 11.1 Å². The van der Waals surface area contributed by atoms with Crippen molar-refractivity contribution < 1.29 is 24.2 Å². The molecule has 1 amide bonds. The maximum absolute atomic E-state index is 12.7. The van der Waals surface area contributed by atoms with Crippen LogP contribution in [0.2, 0.25) is 0 Å². The zero-order valence-corrected chi connectivity index (χ0v) is 18.0. The molecule has 1 unspecified atom stereocenters. The zero-order chi connectivity index (χ0) is 22.7. The molecule has 0 fully saturated rings. The van der Waals surface area contributed by atoms with Gasteiger partial charge in [0.25, 0.3) is 0 Å². The van der Waals surface area contributed by atoms with Gasteiger partial charge in [0.2, 0.25) is 0 Å². The fourth-order valence-corrected chi connectivity index (χ4v) is 4.17. The van der Waals surface area contributed by atoms with E-state index in [1.165, 1.54) is 7.11 Å². The molecule has 0 spiro atoms. The summed E-state index contributed by atoms with van der Waals surface area (Å²) < 4.78 is 10.4. The Bertz CT molecular complexity index is 1110. The Balaban J connectivity index is 1.50. The zero-order valence-electron chi connectivity index (χ0n) is 18.0. The van der Waals surface area contributed by atoms with Gasteiger partial charge in [0.05, 0.1) is 24.8 Å². The Kier molecular flexibility index (Phi) is 5.97. The number of benzene rings is 3. The summed E-state index contributed by atoms with van der Waals surface area (Å²) in [6, 6.07) is 22.8. The molecule has 3 aromatic carbocycles. The minimum atomic E-state index is -1.13. The van der Waals surface area contributed by atoms with E-state index in [0.29, 0.717) is 11.1 Å². The van der Waals surface area contributed by atoms with Crippen LogP contribution in [0.1, 0.15) is 39.9 Å². The second kappa shape index (κ2) is 8.85. The van der Waals surface area contributed by atoms with Crippen molar-refractivity contribution in [1.29, 1.82) is 0 Å². The number of rotatable bonds is 6. The smallest absolute Gasteiger partial charge is 0.407 e. The average Bonchev–Trinajstić information content (AvgIpc) is 3.16. The molecule has 32 heavy (non-hydrogen) atoms. The van der Waals surface area contributed by atoms with Gasteiger partial charge in [-0.15, -0.1) is 0 Å². The highest BCUT2D eigenvalue weighted by molar-refractivity contribution is 5.89.